The van der Waals surface area contributed by atoms with E-state index in [-0.39, 0.29) is 12.5 Å². The molecule has 5 nitrogen and oxygen atoms in total. The average Bonchev–Trinajstić information content (AvgIpc) is 2.58. The molecule has 25 heavy (non-hydrogen) atoms. The fourth-order valence-electron chi connectivity index (χ4n) is 2.64. The topological polar surface area (TPSA) is 61.8 Å². The predicted octanol–water partition coefficient (Wildman–Crippen LogP) is 2.92. The van der Waals surface area contributed by atoms with Crippen molar-refractivity contribution in [1.82, 2.24) is 4.90 Å². The van der Waals surface area contributed by atoms with E-state index in [9.17, 15) is 9.90 Å². The van der Waals surface area contributed by atoms with Gasteiger partial charge >= 0.3 is 0 Å². The Kier molecular flexibility index (Phi) is 6.56. The Morgan fingerprint density at radius 3 is 2.68 bits per heavy atom. The number of rotatable bonds is 7. The monoisotopic (exact) mass is 342 g/mol. The van der Waals surface area contributed by atoms with Crippen molar-refractivity contribution in [1.29, 1.82) is 0 Å². The Labute approximate surface area is 149 Å². The summed E-state index contributed by atoms with van der Waals surface area (Å²) >= 11 is 0. The SMILES string of the molecule is COc1cccc(C(O)CN(C)CC(=O)Nc2cccc(C)c2C)c1. The third-order valence-corrected chi connectivity index (χ3v) is 4.26. The lowest BCUT2D eigenvalue weighted by molar-refractivity contribution is -0.117. The molecule has 0 saturated heterocycles. The second-order valence-corrected chi connectivity index (χ2v) is 6.28. The van der Waals surface area contributed by atoms with E-state index in [4.69, 9.17) is 4.74 Å². The molecule has 5 heteroatoms. The Hall–Kier alpha value is -2.37. The van der Waals surface area contributed by atoms with Crippen molar-refractivity contribution in [3.8, 4) is 5.75 Å². The maximum atomic E-state index is 12.3. The minimum Gasteiger partial charge on any atom is -0.497 e. The summed E-state index contributed by atoms with van der Waals surface area (Å²) in [4.78, 5) is 14.0. The van der Waals surface area contributed by atoms with Gasteiger partial charge < -0.3 is 15.2 Å². The quantitative estimate of drug-likeness (QED) is 0.812. The fourth-order valence-corrected chi connectivity index (χ4v) is 2.64. The molecule has 0 aliphatic heterocycles. The Morgan fingerprint density at radius 1 is 1.24 bits per heavy atom. The highest BCUT2D eigenvalue weighted by atomic mass is 16.5. The predicted molar refractivity (Wildman–Crippen MR) is 100.0 cm³/mol. The molecule has 0 radical (unpaired) electrons. The van der Waals surface area contributed by atoms with Gasteiger partial charge in [-0.2, -0.15) is 0 Å². The number of likely N-dealkylation sites (N-methyl/N-ethyl adjacent to an activating group) is 1. The molecule has 0 fully saturated rings. The summed E-state index contributed by atoms with van der Waals surface area (Å²) in [5.41, 5.74) is 3.79. The zero-order valence-corrected chi connectivity index (χ0v) is 15.2. The molecule has 0 aromatic heterocycles. The zero-order chi connectivity index (χ0) is 18.4. The third-order valence-electron chi connectivity index (χ3n) is 4.26. The highest BCUT2D eigenvalue weighted by Crippen LogP contribution is 2.20. The number of nitrogens with one attached hydrogen (secondary N) is 1. The highest BCUT2D eigenvalue weighted by molar-refractivity contribution is 5.93. The van der Waals surface area contributed by atoms with Crippen molar-refractivity contribution in [2.45, 2.75) is 20.0 Å². The first-order valence-electron chi connectivity index (χ1n) is 8.27. The number of ether oxygens (including phenoxy) is 1. The second-order valence-electron chi connectivity index (χ2n) is 6.28. The Balaban J connectivity index is 1.91. The maximum absolute atomic E-state index is 12.3. The minimum absolute atomic E-state index is 0.103. The number of aryl methyl sites for hydroxylation is 1. The molecule has 0 aliphatic rings. The standard InChI is InChI=1S/C20H26N2O3/c1-14-7-5-10-18(15(14)2)21-20(24)13-22(3)12-19(23)16-8-6-9-17(11-16)25-4/h5-11,19,23H,12-13H2,1-4H3,(H,21,24). The lowest BCUT2D eigenvalue weighted by atomic mass is 10.1. The molecular weight excluding hydrogens is 316 g/mol. The van der Waals surface area contributed by atoms with E-state index in [1.165, 1.54) is 0 Å². The number of anilines is 1. The number of hydrogen-bond acceptors (Lipinski definition) is 4. The lowest BCUT2D eigenvalue weighted by Gasteiger charge is -2.21. The Morgan fingerprint density at radius 2 is 1.96 bits per heavy atom. The number of benzene rings is 2. The molecule has 2 N–H and O–H groups in total. The van der Waals surface area contributed by atoms with Gasteiger partial charge in [0, 0.05) is 12.2 Å². The van der Waals surface area contributed by atoms with E-state index in [0.29, 0.717) is 12.3 Å². The van der Waals surface area contributed by atoms with Crippen LogP contribution in [0.4, 0.5) is 5.69 Å². The number of hydrogen-bond donors (Lipinski definition) is 2. The molecule has 0 saturated carbocycles. The van der Waals surface area contributed by atoms with E-state index in [1.54, 1.807) is 18.1 Å². The lowest BCUT2D eigenvalue weighted by Crippen LogP contribution is -2.33. The first-order valence-corrected chi connectivity index (χ1v) is 8.27. The summed E-state index contributed by atoms with van der Waals surface area (Å²) < 4.78 is 5.17. The van der Waals surface area contributed by atoms with Crippen molar-refractivity contribution in [3.05, 3.63) is 59.2 Å². The zero-order valence-electron chi connectivity index (χ0n) is 15.2. The fraction of sp³-hybridized carbons (Fsp3) is 0.350. The van der Waals surface area contributed by atoms with Gasteiger partial charge in [-0.3, -0.25) is 9.69 Å². The normalized spacial score (nSPS) is 12.1. The largest absolute Gasteiger partial charge is 0.497 e. The van der Waals surface area contributed by atoms with Gasteiger partial charge in [0.25, 0.3) is 0 Å². The van der Waals surface area contributed by atoms with Gasteiger partial charge in [-0.15, -0.1) is 0 Å². The van der Waals surface area contributed by atoms with Crippen LogP contribution in [0.25, 0.3) is 0 Å². The Bertz CT molecular complexity index is 731. The molecule has 0 bridgehead atoms. The molecule has 2 rings (SSSR count). The second kappa shape index (κ2) is 8.65. The van der Waals surface area contributed by atoms with Crippen LogP contribution in [-0.4, -0.2) is 43.2 Å². The van der Waals surface area contributed by atoms with Crippen molar-refractivity contribution >= 4 is 11.6 Å². The summed E-state index contributed by atoms with van der Waals surface area (Å²) in [6, 6.07) is 13.1. The van der Waals surface area contributed by atoms with Crippen LogP contribution in [0, 0.1) is 13.8 Å². The van der Waals surface area contributed by atoms with Crippen molar-refractivity contribution in [2.75, 3.05) is 32.6 Å². The molecule has 0 heterocycles. The van der Waals surface area contributed by atoms with Crippen molar-refractivity contribution < 1.29 is 14.6 Å². The van der Waals surface area contributed by atoms with Gasteiger partial charge in [0.15, 0.2) is 0 Å². The van der Waals surface area contributed by atoms with Gasteiger partial charge in [-0.05, 0) is 55.8 Å². The number of aliphatic hydroxyl groups excluding tert-OH is 1. The summed E-state index contributed by atoms with van der Waals surface area (Å²) in [5.74, 6) is 0.598. The number of amides is 1. The number of nitrogens with zero attached hydrogens (tertiary/aromatic N) is 1. The van der Waals surface area contributed by atoms with Crippen LogP contribution < -0.4 is 10.1 Å². The number of carbonyl (C=O) groups excluding carboxylic acids is 1. The van der Waals surface area contributed by atoms with E-state index in [0.717, 1.165) is 22.4 Å². The molecular formula is C20H26N2O3. The summed E-state index contributed by atoms with van der Waals surface area (Å²) in [7, 11) is 3.40. The molecule has 1 amide bonds. The van der Waals surface area contributed by atoms with Crippen LogP contribution in [-0.2, 0) is 4.79 Å². The highest BCUT2D eigenvalue weighted by Gasteiger charge is 2.14. The molecule has 2 aromatic rings. The molecule has 0 aliphatic carbocycles. The van der Waals surface area contributed by atoms with Crippen LogP contribution in [0.15, 0.2) is 42.5 Å². The molecule has 2 aromatic carbocycles. The molecule has 1 unspecified atom stereocenters. The van der Waals surface area contributed by atoms with E-state index in [2.05, 4.69) is 5.32 Å². The molecule has 134 valence electrons. The van der Waals surface area contributed by atoms with Crippen LogP contribution in [0.1, 0.15) is 22.8 Å². The first kappa shape index (κ1) is 19.0. The minimum atomic E-state index is -0.686. The van der Waals surface area contributed by atoms with Gasteiger partial charge in [0.1, 0.15) is 5.75 Å². The van der Waals surface area contributed by atoms with Crippen LogP contribution in [0.3, 0.4) is 0 Å². The molecule has 0 spiro atoms. The van der Waals surface area contributed by atoms with Crippen LogP contribution >= 0.6 is 0 Å². The third kappa shape index (κ3) is 5.31. The van der Waals surface area contributed by atoms with E-state index < -0.39 is 6.10 Å². The number of methoxy groups -OCH3 is 1. The molecule has 1 atom stereocenters. The smallest absolute Gasteiger partial charge is 0.238 e. The van der Waals surface area contributed by atoms with Gasteiger partial charge in [-0.25, -0.2) is 0 Å². The maximum Gasteiger partial charge on any atom is 0.238 e. The van der Waals surface area contributed by atoms with Gasteiger partial charge in [-0.1, -0.05) is 24.3 Å². The summed E-state index contributed by atoms with van der Waals surface area (Å²) in [6.07, 6.45) is -0.686. The van der Waals surface area contributed by atoms with Crippen molar-refractivity contribution in [2.24, 2.45) is 0 Å². The van der Waals surface area contributed by atoms with E-state index in [1.807, 2.05) is 57.3 Å². The first-order chi connectivity index (χ1) is 11.9. The number of carbonyl (C=O) groups is 1. The van der Waals surface area contributed by atoms with Gasteiger partial charge in [0.05, 0.1) is 19.8 Å². The van der Waals surface area contributed by atoms with Crippen LogP contribution in [0.5, 0.6) is 5.75 Å². The summed E-state index contributed by atoms with van der Waals surface area (Å²) in [6.45, 7) is 4.56. The number of aliphatic hydroxyl groups is 1. The van der Waals surface area contributed by atoms with E-state index >= 15 is 0 Å². The average molecular weight is 342 g/mol. The van der Waals surface area contributed by atoms with Crippen LogP contribution in [0.2, 0.25) is 0 Å². The van der Waals surface area contributed by atoms with Crippen molar-refractivity contribution in [3.63, 3.8) is 0 Å². The van der Waals surface area contributed by atoms with Gasteiger partial charge in [0.2, 0.25) is 5.91 Å². The summed E-state index contributed by atoms with van der Waals surface area (Å²) in [5, 5.41) is 13.3.